The molecule has 0 heterocycles. The molecule has 4 heteroatoms. The monoisotopic (exact) mass is 138 g/mol. The van der Waals surface area contributed by atoms with Crippen molar-refractivity contribution in [3.8, 4) is 5.75 Å². The molecule has 4 nitrogen and oxygen atoms in total. The van der Waals surface area contributed by atoms with Crippen molar-refractivity contribution in [3.05, 3.63) is 35.5 Å². The van der Waals surface area contributed by atoms with Gasteiger partial charge in [-0.15, -0.1) is 0 Å². The lowest BCUT2D eigenvalue weighted by molar-refractivity contribution is -0.763. The quantitative estimate of drug-likeness (QED) is 0.497. The summed E-state index contributed by atoms with van der Waals surface area (Å²) in [6.07, 6.45) is 0. The van der Waals surface area contributed by atoms with Gasteiger partial charge in [-0.3, -0.25) is 0 Å². The molecule has 0 aromatic heterocycles. The second-order valence-corrected chi connectivity index (χ2v) is 1.66. The lowest BCUT2D eigenvalue weighted by Crippen LogP contribution is -2.02. The fraction of sp³-hybridized carbons (Fsp3) is 0. The minimum absolute atomic E-state index is 0.338. The summed E-state index contributed by atoms with van der Waals surface area (Å²) in [6, 6.07) is 8.43. The van der Waals surface area contributed by atoms with Gasteiger partial charge in [0, 0.05) is 5.53 Å². The molecule has 1 N–H and O–H groups in total. The van der Waals surface area contributed by atoms with Crippen molar-refractivity contribution >= 4 is 0 Å². The maximum absolute atomic E-state index is 9.97. The van der Waals surface area contributed by atoms with E-state index in [1.54, 1.807) is 30.3 Å². The summed E-state index contributed by atoms with van der Waals surface area (Å²) in [5.74, 6) is 0.368. The van der Waals surface area contributed by atoms with E-state index < -0.39 is 0 Å². The standard InChI is InChI=1S/C6H6N2O2/c7-8(9)10-6-4-2-1-3-5-6/h1-5,7H. The van der Waals surface area contributed by atoms with Gasteiger partial charge in [0.1, 0.15) is 0 Å². The van der Waals surface area contributed by atoms with Crippen LogP contribution in [0, 0.1) is 10.7 Å². The van der Waals surface area contributed by atoms with Gasteiger partial charge in [-0.1, -0.05) is 18.2 Å². The van der Waals surface area contributed by atoms with Crippen LogP contribution in [0.15, 0.2) is 30.3 Å². The van der Waals surface area contributed by atoms with Gasteiger partial charge in [0.15, 0.2) is 5.02 Å². The minimum Gasteiger partial charge on any atom is -0.345 e. The third-order valence-corrected chi connectivity index (χ3v) is 0.932. The predicted octanol–water partition coefficient (Wildman–Crippen LogP) is 1.52. The molecule has 0 amide bonds. The third-order valence-electron chi connectivity index (χ3n) is 0.932. The molecule has 0 unspecified atom stereocenters. The van der Waals surface area contributed by atoms with Gasteiger partial charge in [-0.25, -0.2) is 5.21 Å². The molecule has 1 rings (SSSR count). The molecule has 0 atom stereocenters. The Morgan fingerprint density at radius 3 is 2.40 bits per heavy atom. The highest BCUT2D eigenvalue weighted by Gasteiger charge is 1.88. The number of hydrogen-bond donors (Lipinski definition) is 1. The van der Waals surface area contributed by atoms with Crippen molar-refractivity contribution in [1.82, 2.24) is 0 Å². The fourth-order valence-corrected chi connectivity index (χ4v) is 0.577. The maximum atomic E-state index is 9.97. The highest BCUT2D eigenvalue weighted by atomic mass is 16.9. The Morgan fingerprint density at radius 1 is 1.30 bits per heavy atom. The smallest absolute Gasteiger partial charge is 0.170 e. The van der Waals surface area contributed by atoms with Gasteiger partial charge in [-0.2, -0.15) is 0 Å². The number of rotatable bonds is 2. The first-order valence-electron chi connectivity index (χ1n) is 2.70. The molecular weight excluding hydrogens is 132 g/mol. The van der Waals surface area contributed by atoms with Crippen LogP contribution in [0.1, 0.15) is 0 Å². The highest BCUT2D eigenvalue weighted by molar-refractivity contribution is 5.19. The Kier molecular flexibility index (Phi) is 1.84. The number of nitrogens with zero attached hydrogens (tertiary/aromatic N) is 1. The maximum Gasteiger partial charge on any atom is 0.170 e. The summed E-state index contributed by atoms with van der Waals surface area (Å²) in [5.41, 5.74) is 6.37. The molecule has 10 heavy (non-hydrogen) atoms. The molecule has 0 spiro atoms. The zero-order chi connectivity index (χ0) is 7.40. The van der Waals surface area contributed by atoms with E-state index in [0.717, 1.165) is 0 Å². The van der Waals surface area contributed by atoms with Crippen LogP contribution in [0.4, 0.5) is 0 Å². The average Bonchev–Trinajstić information content (AvgIpc) is 1.88. The second kappa shape index (κ2) is 2.82. The van der Waals surface area contributed by atoms with E-state index in [0.29, 0.717) is 5.75 Å². The van der Waals surface area contributed by atoms with Gasteiger partial charge in [0.2, 0.25) is 0 Å². The predicted molar refractivity (Wildman–Crippen MR) is 33.4 cm³/mol. The molecule has 1 aromatic carbocycles. The molecular formula is C6H6N2O2. The topological polar surface area (TPSA) is 59.2 Å². The number of benzene rings is 1. The van der Waals surface area contributed by atoms with Crippen LogP contribution in [0.3, 0.4) is 0 Å². The Balaban J connectivity index is 2.67. The first-order valence-corrected chi connectivity index (χ1v) is 2.70. The van der Waals surface area contributed by atoms with Crippen LogP contribution in [0.25, 0.3) is 0 Å². The molecule has 1 aromatic rings. The van der Waals surface area contributed by atoms with Crippen LogP contribution in [-0.2, 0) is 0 Å². The summed E-state index contributed by atoms with van der Waals surface area (Å²) < 4.78 is 0. The molecule has 0 saturated carbocycles. The van der Waals surface area contributed by atoms with Crippen molar-refractivity contribution in [2.45, 2.75) is 0 Å². The van der Waals surface area contributed by atoms with Gasteiger partial charge < -0.3 is 4.84 Å². The summed E-state index contributed by atoms with van der Waals surface area (Å²) in [5, 5.41) is 9.64. The zero-order valence-electron chi connectivity index (χ0n) is 5.15. The van der Waals surface area contributed by atoms with E-state index in [1.165, 1.54) is 0 Å². The first-order chi connectivity index (χ1) is 4.79. The minimum atomic E-state index is -0.338. The van der Waals surface area contributed by atoms with E-state index in [-0.39, 0.29) is 5.02 Å². The average molecular weight is 138 g/mol. The Bertz CT molecular complexity index is 222. The van der Waals surface area contributed by atoms with Crippen molar-refractivity contribution in [2.75, 3.05) is 0 Å². The lowest BCUT2D eigenvalue weighted by atomic mass is 10.3. The molecule has 0 bridgehead atoms. The molecule has 52 valence electrons. The summed E-state index contributed by atoms with van der Waals surface area (Å²) in [7, 11) is 0. The van der Waals surface area contributed by atoms with Gasteiger partial charge in [0.25, 0.3) is 0 Å². The molecule has 0 saturated heterocycles. The highest BCUT2D eigenvalue weighted by Crippen LogP contribution is 2.07. The number of hydrogen-bond acceptors (Lipinski definition) is 3. The Labute approximate surface area is 57.7 Å². The summed E-state index contributed by atoms with van der Waals surface area (Å²) in [4.78, 5) is 4.36. The third kappa shape index (κ3) is 1.74. The van der Waals surface area contributed by atoms with Crippen molar-refractivity contribution in [3.63, 3.8) is 0 Å². The molecule has 0 aliphatic carbocycles. The Hall–Kier alpha value is -1.58. The van der Waals surface area contributed by atoms with E-state index in [2.05, 4.69) is 4.84 Å². The molecule has 0 fully saturated rings. The largest absolute Gasteiger partial charge is 0.345 e. The first kappa shape index (κ1) is 6.54. The van der Waals surface area contributed by atoms with Gasteiger partial charge in [0.05, 0.1) is 5.75 Å². The van der Waals surface area contributed by atoms with Crippen LogP contribution >= 0.6 is 0 Å². The van der Waals surface area contributed by atoms with Crippen LogP contribution in [-0.4, -0.2) is 5.02 Å². The number of nitrogens with one attached hydrogen (secondary N) is 1. The van der Waals surface area contributed by atoms with Gasteiger partial charge >= 0.3 is 0 Å². The Morgan fingerprint density at radius 2 is 1.90 bits per heavy atom. The molecule has 0 radical (unpaired) electrons. The van der Waals surface area contributed by atoms with E-state index >= 15 is 0 Å². The number of para-hydroxylation sites is 1. The fourth-order valence-electron chi connectivity index (χ4n) is 0.577. The van der Waals surface area contributed by atoms with Crippen LogP contribution in [0.5, 0.6) is 5.75 Å². The SMILES string of the molecule is N=[N+]([O-])Oc1ccccc1. The van der Waals surface area contributed by atoms with Crippen LogP contribution < -0.4 is 4.84 Å². The lowest BCUT2D eigenvalue weighted by Gasteiger charge is -1.99. The van der Waals surface area contributed by atoms with Gasteiger partial charge in [-0.05, 0) is 12.1 Å². The van der Waals surface area contributed by atoms with E-state index in [4.69, 9.17) is 5.53 Å². The van der Waals surface area contributed by atoms with Crippen molar-refractivity contribution < 1.29 is 9.86 Å². The van der Waals surface area contributed by atoms with E-state index in [9.17, 15) is 5.21 Å². The summed E-state index contributed by atoms with van der Waals surface area (Å²) >= 11 is 0. The summed E-state index contributed by atoms with van der Waals surface area (Å²) in [6.45, 7) is 0. The van der Waals surface area contributed by atoms with Crippen LogP contribution in [0.2, 0.25) is 0 Å². The second-order valence-electron chi connectivity index (χ2n) is 1.66. The van der Waals surface area contributed by atoms with E-state index in [1.807, 2.05) is 0 Å². The molecule has 0 aliphatic rings. The molecule has 0 aliphatic heterocycles. The zero-order valence-corrected chi connectivity index (χ0v) is 5.15. The van der Waals surface area contributed by atoms with Crippen molar-refractivity contribution in [1.29, 1.82) is 5.53 Å². The van der Waals surface area contributed by atoms with Crippen molar-refractivity contribution in [2.24, 2.45) is 0 Å². The normalized spacial score (nSPS) is 8.80.